The maximum Gasteiger partial charge on any atom is 0.302 e. The molecule has 0 saturated carbocycles. The van der Waals surface area contributed by atoms with Crippen LogP contribution in [0.4, 0.5) is 0 Å². The number of nitrogens with zero attached hydrogens (tertiary/aromatic N) is 5. The third kappa shape index (κ3) is 2.59. The fraction of sp³-hybridized carbons (Fsp3) is 0.556. The van der Waals surface area contributed by atoms with Gasteiger partial charge in [0.25, 0.3) is 5.56 Å². The number of rotatable bonds is 5. The predicted molar refractivity (Wildman–Crippen MR) is 59.0 cm³/mol. The van der Waals surface area contributed by atoms with E-state index in [1.165, 1.54) is 12.3 Å². The van der Waals surface area contributed by atoms with Gasteiger partial charge in [-0.3, -0.25) is 9.36 Å². The van der Waals surface area contributed by atoms with Gasteiger partial charge in [0.05, 0.1) is 19.3 Å². The first-order valence-electron chi connectivity index (χ1n) is 5.23. The highest BCUT2D eigenvalue weighted by atomic mass is 16.6. The zero-order valence-electron chi connectivity index (χ0n) is 9.34. The number of aliphatic hydroxyl groups excluding tert-OH is 1. The number of hydrogen-bond donors (Lipinski definition) is 1. The van der Waals surface area contributed by atoms with Crippen molar-refractivity contribution >= 4 is 0 Å². The monoisotopic (exact) mass is 253 g/mol. The minimum atomic E-state index is -0.625. The Morgan fingerprint density at radius 3 is 3.39 bits per heavy atom. The highest BCUT2D eigenvalue weighted by Crippen LogP contribution is 2.24. The van der Waals surface area contributed by atoms with E-state index in [1.54, 1.807) is 4.57 Å². The van der Waals surface area contributed by atoms with Crippen LogP contribution in [0.2, 0.25) is 0 Å². The molecule has 18 heavy (non-hydrogen) atoms. The number of aliphatic hydroxyl groups is 1. The molecule has 0 aliphatic carbocycles. The van der Waals surface area contributed by atoms with Gasteiger partial charge >= 0.3 is 6.01 Å². The zero-order valence-corrected chi connectivity index (χ0v) is 9.34. The number of fused-ring (bicyclic) bond motifs is 1. The van der Waals surface area contributed by atoms with Crippen LogP contribution in [0.1, 0.15) is 6.23 Å². The van der Waals surface area contributed by atoms with Gasteiger partial charge in [-0.25, -0.2) is 0 Å². The number of azide groups is 1. The first-order valence-corrected chi connectivity index (χ1v) is 5.23. The van der Waals surface area contributed by atoms with Gasteiger partial charge in [-0.15, -0.1) is 0 Å². The lowest BCUT2D eigenvalue weighted by atomic mass is 10.4. The molecule has 96 valence electrons. The average Bonchev–Trinajstić information content (AvgIpc) is 2.76. The Labute approximate surface area is 101 Å². The molecule has 2 atom stereocenters. The van der Waals surface area contributed by atoms with Gasteiger partial charge in [0.1, 0.15) is 6.61 Å². The molecule has 2 heterocycles. The van der Waals surface area contributed by atoms with Gasteiger partial charge in [0, 0.05) is 17.2 Å². The van der Waals surface area contributed by atoms with Crippen LogP contribution < -0.4 is 10.3 Å². The highest BCUT2D eigenvalue weighted by molar-refractivity contribution is 5.04. The van der Waals surface area contributed by atoms with Crippen LogP contribution in [0.3, 0.4) is 0 Å². The van der Waals surface area contributed by atoms with E-state index in [0.29, 0.717) is 0 Å². The van der Waals surface area contributed by atoms with Gasteiger partial charge in [0.15, 0.2) is 6.23 Å². The lowest BCUT2D eigenvalue weighted by molar-refractivity contribution is -0.0687. The van der Waals surface area contributed by atoms with E-state index in [2.05, 4.69) is 15.0 Å². The molecule has 0 fully saturated rings. The molecule has 1 aliphatic heterocycles. The van der Waals surface area contributed by atoms with Crippen LogP contribution in [-0.4, -0.2) is 40.5 Å². The maximum atomic E-state index is 11.0. The zero-order chi connectivity index (χ0) is 13.0. The number of aromatic nitrogens is 2. The van der Waals surface area contributed by atoms with Crippen molar-refractivity contribution in [2.45, 2.75) is 12.3 Å². The normalized spacial score (nSPS) is 18.6. The molecular formula is C9H11N5O4. The van der Waals surface area contributed by atoms with Gasteiger partial charge in [-0.2, -0.15) is 4.98 Å². The second kappa shape index (κ2) is 5.50. The summed E-state index contributed by atoms with van der Waals surface area (Å²) < 4.78 is 12.2. The van der Waals surface area contributed by atoms with Gasteiger partial charge < -0.3 is 14.6 Å². The van der Waals surface area contributed by atoms with E-state index in [-0.39, 0.29) is 25.8 Å². The quantitative estimate of drug-likeness (QED) is 0.443. The number of hydrogen-bond acceptors (Lipinski definition) is 6. The molecule has 0 aromatic carbocycles. The highest BCUT2D eigenvalue weighted by Gasteiger charge is 2.26. The van der Waals surface area contributed by atoms with Crippen molar-refractivity contribution in [2.24, 2.45) is 5.11 Å². The summed E-state index contributed by atoms with van der Waals surface area (Å²) in [7, 11) is 0. The summed E-state index contributed by atoms with van der Waals surface area (Å²) in [5.41, 5.74) is 7.81. The molecule has 9 heteroatoms. The van der Waals surface area contributed by atoms with E-state index in [4.69, 9.17) is 20.1 Å². The van der Waals surface area contributed by atoms with E-state index >= 15 is 0 Å². The van der Waals surface area contributed by atoms with Crippen molar-refractivity contribution < 1.29 is 14.6 Å². The summed E-state index contributed by atoms with van der Waals surface area (Å²) in [6.07, 6.45) is 0.378. The van der Waals surface area contributed by atoms with Crippen molar-refractivity contribution in [3.8, 4) is 6.01 Å². The molecule has 1 N–H and O–H groups in total. The van der Waals surface area contributed by atoms with Crippen molar-refractivity contribution in [1.29, 1.82) is 0 Å². The summed E-state index contributed by atoms with van der Waals surface area (Å²) in [6.45, 7) is -0.0752. The molecule has 9 nitrogen and oxygen atoms in total. The van der Waals surface area contributed by atoms with Gasteiger partial charge in [-0.05, 0) is 5.53 Å². The molecule has 1 aliphatic rings. The Hall–Kier alpha value is -2.09. The molecule has 0 amide bonds. The minimum absolute atomic E-state index is 0.0203. The summed E-state index contributed by atoms with van der Waals surface area (Å²) in [4.78, 5) is 17.3. The molecule has 0 bridgehead atoms. The molecule has 1 aromatic heterocycles. The maximum absolute atomic E-state index is 11.0. The lowest BCUT2D eigenvalue weighted by Crippen LogP contribution is -2.26. The van der Waals surface area contributed by atoms with Crippen molar-refractivity contribution in [3.05, 3.63) is 33.1 Å². The minimum Gasteiger partial charge on any atom is -0.460 e. The third-order valence-electron chi connectivity index (χ3n) is 2.37. The van der Waals surface area contributed by atoms with Crippen molar-refractivity contribution in [2.75, 3.05) is 19.8 Å². The smallest absolute Gasteiger partial charge is 0.302 e. The van der Waals surface area contributed by atoms with E-state index < -0.39 is 17.9 Å². The average molecular weight is 253 g/mol. The Kier molecular flexibility index (Phi) is 3.78. The Balaban J connectivity index is 2.08. The van der Waals surface area contributed by atoms with Crippen LogP contribution in [0.15, 0.2) is 22.2 Å². The molecule has 2 rings (SSSR count). The van der Waals surface area contributed by atoms with Crippen LogP contribution in [0.5, 0.6) is 6.01 Å². The summed E-state index contributed by atoms with van der Waals surface area (Å²) in [6, 6.07) is 1.46. The van der Waals surface area contributed by atoms with E-state index in [1.807, 2.05) is 0 Å². The number of ether oxygens (including phenoxy) is 2. The largest absolute Gasteiger partial charge is 0.460 e. The Morgan fingerprint density at radius 1 is 1.83 bits per heavy atom. The second-order valence-corrected chi connectivity index (χ2v) is 3.58. The Bertz CT molecular complexity index is 524. The summed E-state index contributed by atoms with van der Waals surface area (Å²) in [5.74, 6) is 0. The molecule has 0 spiro atoms. The molecule has 0 saturated heterocycles. The fourth-order valence-corrected chi connectivity index (χ4v) is 1.55. The van der Waals surface area contributed by atoms with Crippen LogP contribution in [-0.2, 0) is 4.74 Å². The third-order valence-corrected chi connectivity index (χ3v) is 2.37. The predicted octanol–water partition coefficient (Wildman–Crippen LogP) is -0.178. The van der Waals surface area contributed by atoms with Crippen molar-refractivity contribution in [3.63, 3.8) is 0 Å². The standard InChI is InChI=1S/C9H11N5O4/c10-13-11-3-6(4-15)18-8-5-17-9-12-7(16)1-2-14(8)9/h1-2,6,8,15H,3-5H2/t6-,8+/m1/s1. The lowest BCUT2D eigenvalue weighted by Gasteiger charge is -2.18. The molecule has 0 unspecified atom stereocenters. The summed E-state index contributed by atoms with van der Waals surface area (Å²) >= 11 is 0. The Morgan fingerprint density at radius 2 is 2.67 bits per heavy atom. The SMILES string of the molecule is [N-]=[N+]=NC[C@H](CO)O[C@H]1COc2nc(=O)ccn21. The van der Waals surface area contributed by atoms with Gasteiger partial charge in [0.2, 0.25) is 0 Å². The first-order chi connectivity index (χ1) is 8.74. The van der Waals surface area contributed by atoms with Crippen molar-refractivity contribution in [1.82, 2.24) is 9.55 Å². The summed E-state index contributed by atoms with van der Waals surface area (Å²) in [5, 5.41) is 12.4. The molecule has 1 aromatic rings. The fourth-order valence-electron chi connectivity index (χ4n) is 1.55. The molecule has 0 radical (unpaired) electrons. The first kappa shape index (κ1) is 12.4. The van der Waals surface area contributed by atoms with Gasteiger partial charge in [-0.1, -0.05) is 5.11 Å². The van der Waals surface area contributed by atoms with Crippen LogP contribution in [0, 0.1) is 0 Å². The van der Waals surface area contributed by atoms with Crippen LogP contribution in [0.25, 0.3) is 10.4 Å². The topological polar surface area (TPSA) is 122 Å². The second-order valence-electron chi connectivity index (χ2n) is 3.58. The van der Waals surface area contributed by atoms with E-state index in [9.17, 15) is 4.79 Å². The van der Waals surface area contributed by atoms with E-state index in [0.717, 1.165) is 0 Å². The molecular weight excluding hydrogens is 242 g/mol. The van der Waals surface area contributed by atoms with Crippen LogP contribution >= 0.6 is 0 Å².